The van der Waals surface area contributed by atoms with Crippen LogP contribution in [0.2, 0.25) is 0 Å². The third-order valence-electron chi connectivity index (χ3n) is 0.478. The fraction of sp³-hybridized carbons (Fsp3) is 0. The zero-order valence-electron chi connectivity index (χ0n) is 5.43. The van der Waals surface area contributed by atoms with Gasteiger partial charge in [-0.25, -0.2) is 9.97 Å². The summed E-state index contributed by atoms with van der Waals surface area (Å²) in [5.74, 6) is 0. The van der Waals surface area contributed by atoms with Crippen LogP contribution in [0.25, 0.3) is 0 Å². The van der Waals surface area contributed by atoms with E-state index in [1.165, 1.54) is 6.33 Å². The second-order valence-corrected chi connectivity index (χ2v) is 0.904. The minimum absolute atomic E-state index is 0. The molecule has 1 aromatic heterocycles. The second kappa shape index (κ2) is 22.5. The van der Waals surface area contributed by atoms with E-state index in [0.29, 0.717) is 0 Å². The van der Waals surface area contributed by atoms with Crippen LogP contribution in [-0.2, 0) is 0 Å². The summed E-state index contributed by atoms with van der Waals surface area (Å²) in [7, 11) is 0. The van der Waals surface area contributed by atoms with Crippen molar-refractivity contribution in [3.05, 3.63) is 24.8 Å². The van der Waals surface area contributed by atoms with Crippen LogP contribution in [0.15, 0.2) is 24.8 Å². The van der Waals surface area contributed by atoms with Crippen molar-refractivity contribution >= 4 is 37.2 Å². The van der Waals surface area contributed by atoms with Gasteiger partial charge in [-0.05, 0) is 6.07 Å². The molecule has 0 saturated heterocycles. The Kier molecular flexibility index (Phi) is 63.0. The van der Waals surface area contributed by atoms with Gasteiger partial charge in [0.1, 0.15) is 6.33 Å². The smallest absolute Gasteiger partial charge is 0.115 e. The van der Waals surface area contributed by atoms with Crippen LogP contribution in [0.4, 0.5) is 0 Å². The van der Waals surface area contributed by atoms with Crippen LogP contribution in [0, 0.1) is 0 Å². The first-order chi connectivity index (χ1) is 3.00. The molecule has 0 saturated carbocycles. The first kappa shape index (κ1) is 30.7. The van der Waals surface area contributed by atoms with Gasteiger partial charge in [-0.1, -0.05) is 0 Å². The Labute approximate surface area is 83.3 Å². The average Bonchev–Trinajstić information content (AvgIpc) is 1.72. The maximum absolute atomic E-state index is 3.67. The summed E-state index contributed by atoms with van der Waals surface area (Å²) >= 11 is 0. The lowest BCUT2D eigenvalue weighted by atomic mass is 10.7. The largest absolute Gasteiger partial charge is 0.412 e. The summed E-state index contributed by atoms with van der Waals surface area (Å²) < 4.78 is 0. The molecule has 0 fully saturated rings. The molecule has 0 aliphatic heterocycles. The van der Waals surface area contributed by atoms with E-state index in [1.54, 1.807) is 18.5 Å². The van der Waals surface area contributed by atoms with Gasteiger partial charge in [-0.2, -0.15) is 0 Å². The van der Waals surface area contributed by atoms with Gasteiger partial charge in [0.25, 0.3) is 0 Å². The zero-order chi connectivity index (χ0) is 4.24. The molecule has 0 bridgehead atoms. The highest BCUT2D eigenvalue weighted by Crippen LogP contribution is 1.66. The Hall–Kier alpha value is -0.130. The monoisotopic (exact) mass is 224 g/mol. The van der Waals surface area contributed by atoms with E-state index in [0.717, 1.165) is 0 Å². The molecule has 70 valence electrons. The number of hydrogen-bond donors (Lipinski definition) is 0. The van der Waals surface area contributed by atoms with E-state index in [9.17, 15) is 0 Å². The number of rotatable bonds is 0. The molecule has 11 heavy (non-hydrogen) atoms. The number of halogens is 3. The molecule has 4 nitrogen and oxygen atoms in total. The van der Waals surface area contributed by atoms with E-state index in [4.69, 9.17) is 0 Å². The van der Waals surface area contributed by atoms with Gasteiger partial charge in [0.15, 0.2) is 0 Å². The molecule has 0 spiro atoms. The van der Waals surface area contributed by atoms with Crippen LogP contribution in [0.1, 0.15) is 0 Å². The van der Waals surface area contributed by atoms with E-state index >= 15 is 0 Å². The predicted octanol–water partition coefficient (Wildman–Crippen LogP) is 0.0926. The summed E-state index contributed by atoms with van der Waals surface area (Å²) in [5, 5.41) is 0. The van der Waals surface area contributed by atoms with E-state index in [-0.39, 0.29) is 48.2 Å². The number of hydrogen-bond acceptors (Lipinski definition) is 2. The first-order valence-corrected chi connectivity index (χ1v) is 1.70. The summed E-state index contributed by atoms with van der Waals surface area (Å²) in [6.45, 7) is 0. The van der Waals surface area contributed by atoms with Crippen molar-refractivity contribution < 1.29 is 11.0 Å². The molecule has 7 heteroatoms. The van der Waals surface area contributed by atoms with E-state index in [1.807, 2.05) is 0 Å². The van der Waals surface area contributed by atoms with Gasteiger partial charge in [0.05, 0.1) is 0 Å². The first-order valence-electron chi connectivity index (χ1n) is 1.70. The molecular weight excluding hydrogens is 214 g/mol. The third-order valence-corrected chi connectivity index (χ3v) is 0.478. The zero-order valence-corrected chi connectivity index (χ0v) is 7.88. The summed E-state index contributed by atoms with van der Waals surface area (Å²) in [4.78, 5) is 7.35. The fourth-order valence-electron chi connectivity index (χ4n) is 0.253. The topological polar surface area (TPSA) is 88.8 Å². The highest BCUT2D eigenvalue weighted by molar-refractivity contribution is 5.86. The molecule has 0 atom stereocenters. The Bertz CT molecular complexity index is 93.3. The molecule has 4 N–H and O–H groups in total. The molecule has 0 aromatic carbocycles. The summed E-state index contributed by atoms with van der Waals surface area (Å²) in [6, 6.07) is 1.78. The van der Waals surface area contributed by atoms with Crippen molar-refractivity contribution in [3.63, 3.8) is 0 Å². The van der Waals surface area contributed by atoms with E-state index < -0.39 is 0 Å². The van der Waals surface area contributed by atoms with Crippen molar-refractivity contribution in [1.29, 1.82) is 0 Å². The maximum Gasteiger partial charge on any atom is 0.115 e. The van der Waals surface area contributed by atoms with Crippen LogP contribution in [0.5, 0.6) is 0 Å². The molecule has 1 aromatic rings. The van der Waals surface area contributed by atoms with Crippen molar-refractivity contribution in [3.8, 4) is 0 Å². The van der Waals surface area contributed by atoms with E-state index in [2.05, 4.69) is 9.97 Å². The lowest BCUT2D eigenvalue weighted by Gasteiger charge is -1.70. The number of aromatic nitrogens is 2. The third kappa shape index (κ3) is 17.7. The van der Waals surface area contributed by atoms with Crippen molar-refractivity contribution in [2.75, 3.05) is 0 Å². The molecule has 1 rings (SSSR count). The van der Waals surface area contributed by atoms with Gasteiger partial charge in [-0.15, -0.1) is 37.2 Å². The minimum Gasteiger partial charge on any atom is -0.412 e. The number of nitrogens with zero attached hydrogens (tertiary/aromatic N) is 2. The predicted molar refractivity (Wildman–Crippen MR) is 51.0 cm³/mol. The van der Waals surface area contributed by atoms with Gasteiger partial charge in [0, 0.05) is 12.4 Å². The Morgan fingerprint density at radius 2 is 1.09 bits per heavy atom. The molecular formula is C4H11Cl3N2O2. The SMILES string of the molecule is Cl.Cl.Cl.O.O.c1cncnc1. The molecule has 0 aliphatic rings. The van der Waals surface area contributed by atoms with Crippen molar-refractivity contribution in [2.24, 2.45) is 0 Å². The Morgan fingerprint density at radius 3 is 1.18 bits per heavy atom. The summed E-state index contributed by atoms with van der Waals surface area (Å²) in [6.07, 6.45) is 4.88. The van der Waals surface area contributed by atoms with Gasteiger partial charge in [-0.3, -0.25) is 0 Å². The lowest BCUT2D eigenvalue weighted by Crippen LogP contribution is -1.66. The molecule has 0 unspecified atom stereocenters. The molecule has 0 radical (unpaired) electrons. The van der Waals surface area contributed by atoms with Crippen LogP contribution in [0.3, 0.4) is 0 Å². The van der Waals surface area contributed by atoms with Crippen LogP contribution < -0.4 is 0 Å². The van der Waals surface area contributed by atoms with Crippen LogP contribution >= 0.6 is 37.2 Å². The maximum atomic E-state index is 3.67. The highest BCUT2D eigenvalue weighted by atomic mass is 35.5. The molecule has 0 aliphatic carbocycles. The quantitative estimate of drug-likeness (QED) is 0.626. The van der Waals surface area contributed by atoms with Crippen LogP contribution in [-0.4, -0.2) is 20.9 Å². The van der Waals surface area contributed by atoms with Crippen molar-refractivity contribution in [1.82, 2.24) is 9.97 Å². The average molecular weight is 226 g/mol. The molecule has 0 amide bonds. The Morgan fingerprint density at radius 1 is 0.727 bits per heavy atom. The minimum atomic E-state index is 0. The fourth-order valence-corrected chi connectivity index (χ4v) is 0.253. The highest BCUT2D eigenvalue weighted by Gasteiger charge is 1.59. The van der Waals surface area contributed by atoms with Gasteiger partial charge in [0.2, 0.25) is 0 Å². The van der Waals surface area contributed by atoms with Gasteiger partial charge >= 0.3 is 0 Å². The summed E-state index contributed by atoms with van der Waals surface area (Å²) in [5.41, 5.74) is 0. The lowest BCUT2D eigenvalue weighted by molar-refractivity contribution is 0.823. The standard InChI is InChI=1S/C4H4N2.3ClH.2H2O/c1-2-5-4-6-3-1;;;;;/h1-4H;3*1H;2*1H2. The normalized spacial score (nSPS) is 4.36. The Balaban J connectivity index is -0.0000000240. The molecule has 1 heterocycles. The van der Waals surface area contributed by atoms with Crippen molar-refractivity contribution in [2.45, 2.75) is 0 Å². The second-order valence-electron chi connectivity index (χ2n) is 0.904. The van der Waals surface area contributed by atoms with Gasteiger partial charge < -0.3 is 11.0 Å².